The highest BCUT2D eigenvalue weighted by Crippen LogP contribution is 2.37. The van der Waals surface area contributed by atoms with Crippen LogP contribution in [0.1, 0.15) is 48.7 Å². The number of nitrogens with zero attached hydrogens (tertiary/aromatic N) is 1. The molecule has 0 fully saturated rings. The Morgan fingerprint density at radius 1 is 1.27 bits per heavy atom. The lowest BCUT2D eigenvalue weighted by molar-refractivity contribution is 0.0902. The molecule has 0 spiro atoms. The van der Waals surface area contributed by atoms with Crippen LogP contribution >= 0.6 is 0 Å². The van der Waals surface area contributed by atoms with Crippen molar-refractivity contribution in [2.24, 2.45) is 5.92 Å². The van der Waals surface area contributed by atoms with Crippen LogP contribution in [-0.2, 0) is 0 Å². The van der Waals surface area contributed by atoms with E-state index >= 15 is 0 Å². The van der Waals surface area contributed by atoms with Crippen LogP contribution in [0, 0.1) is 5.92 Å². The van der Waals surface area contributed by atoms with Crippen molar-refractivity contribution >= 4 is 5.78 Å². The molecular formula is C19H21NO2. The number of pyridine rings is 1. The molecule has 3 rings (SSSR count). The van der Waals surface area contributed by atoms with E-state index in [4.69, 9.17) is 9.72 Å². The van der Waals surface area contributed by atoms with E-state index in [2.05, 4.69) is 6.92 Å². The Balaban J connectivity index is 2.07. The number of ether oxygens (including phenoxy) is 1. The predicted octanol–water partition coefficient (Wildman–Crippen LogP) is 4.47. The summed E-state index contributed by atoms with van der Waals surface area (Å²) in [5, 5.41) is 0. The molecule has 0 radical (unpaired) electrons. The Hall–Kier alpha value is -2.16. The third kappa shape index (κ3) is 2.52. The van der Waals surface area contributed by atoms with Crippen molar-refractivity contribution in [3.63, 3.8) is 0 Å². The fourth-order valence-corrected chi connectivity index (χ4v) is 3.21. The summed E-state index contributed by atoms with van der Waals surface area (Å²) in [5.74, 6) is 1.51. The third-order valence-electron chi connectivity index (χ3n) is 4.52. The highest BCUT2D eigenvalue weighted by molar-refractivity contribution is 6.00. The SMILES string of the molecule is CCC1CC(C)C(=O)c2ccc(-c3cccc(OC)c3)nc21. The highest BCUT2D eigenvalue weighted by Gasteiger charge is 2.31. The Kier molecular flexibility index (Phi) is 3.97. The average molecular weight is 295 g/mol. The van der Waals surface area contributed by atoms with Gasteiger partial charge in [0.2, 0.25) is 0 Å². The summed E-state index contributed by atoms with van der Waals surface area (Å²) in [4.78, 5) is 17.2. The van der Waals surface area contributed by atoms with Gasteiger partial charge in [-0.2, -0.15) is 0 Å². The molecule has 2 unspecified atom stereocenters. The summed E-state index contributed by atoms with van der Waals surface area (Å²) in [6, 6.07) is 11.8. The van der Waals surface area contributed by atoms with E-state index in [1.54, 1.807) is 7.11 Å². The first kappa shape index (κ1) is 14.8. The molecule has 0 bridgehead atoms. The van der Waals surface area contributed by atoms with Gasteiger partial charge < -0.3 is 4.74 Å². The van der Waals surface area contributed by atoms with Gasteiger partial charge in [-0.15, -0.1) is 0 Å². The molecule has 1 aromatic heterocycles. The van der Waals surface area contributed by atoms with Crippen LogP contribution in [0.15, 0.2) is 36.4 Å². The number of benzene rings is 1. The second kappa shape index (κ2) is 5.91. The second-order valence-electron chi connectivity index (χ2n) is 5.97. The number of rotatable bonds is 3. The van der Waals surface area contributed by atoms with Crippen molar-refractivity contribution in [2.45, 2.75) is 32.6 Å². The van der Waals surface area contributed by atoms with Gasteiger partial charge in [0.15, 0.2) is 5.78 Å². The molecule has 114 valence electrons. The first-order valence-electron chi connectivity index (χ1n) is 7.83. The molecule has 2 atom stereocenters. The molecule has 3 nitrogen and oxygen atoms in total. The second-order valence-corrected chi connectivity index (χ2v) is 5.97. The minimum absolute atomic E-state index is 0.0990. The molecule has 1 aliphatic carbocycles. The van der Waals surface area contributed by atoms with E-state index in [0.29, 0.717) is 5.92 Å². The number of ketones is 1. The Labute approximate surface area is 131 Å². The monoisotopic (exact) mass is 295 g/mol. The number of Topliss-reactive ketones (excluding diaryl/α,β-unsaturated/α-hetero) is 1. The summed E-state index contributed by atoms with van der Waals surface area (Å²) in [6.45, 7) is 4.18. The molecule has 0 saturated carbocycles. The molecule has 0 aliphatic heterocycles. The molecule has 1 aliphatic rings. The Bertz CT molecular complexity index is 708. The zero-order valence-corrected chi connectivity index (χ0v) is 13.3. The number of aromatic nitrogens is 1. The van der Waals surface area contributed by atoms with E-state index in [0.717, 1.165) is 41.1 Å². The fraction of sp³-hybridized carbons (Fsp3) is 0.368. The standard InChI is InChI=1S/C19H21NO2/c1-4-13-10-12(2)19(21)16-8-9-17(20-18(13)16)14-6-5-7-15(11-14)22-3/h5-9,11-13H,4,10H2,1-3H3. The largest absolute Gasteiger partial charge is 0.497 e. The molecule has 22 heavy (non-hydrogen) atoms. The van der Waals surface area contributed by atoms with E-state index < -0.39 is 0 Å². The van der Waals surface area contributed by atoms with Crippen LogP contribution in [0.4, 0.5) is 0 Å². The molecule has 3 heteroatoms. The number of methoxy groups -OCH3 is 1. The topological polar surface area (TPSA) is 39.2 Å². The molecule has 1 heterocycles. The highest BCUT2D eigenvalue weighted by atomic mass is 16.5. The number of fused-ring (bicyclic) bond motifs is 1. The predicted molar refractivity (Wildman–Crippen MR) is 87.4 cm³/mol. The van der Waals surface area contributed by atoms with Crippen molar-refractivity contribution in [3.05, 3.63) is 47.7 Å². The lowest BCUT2D eigenvalue weighted by Gasteiger charge is -2.27. The van der Waals surface area contributed by atoms with Gasteiger partial charge in [-0.3, -0.25) is 9.78 Å². The van der Waals surface area contributed by atoms with Crippen molar-refractivity contribution in [1.82, 2.24) is 4.98 Å². The Morgan fingerprint density at radius 2 is 2.09 bits per heavy atom. The number of hydrogen-bond donors (Lipinski definition) is 0. The average Bonchev–Trinajstić information content (AvgIpc) is 2.57. The van der Waals surface area contributed by atoms with E-state index in [9.17, 15) is 4.79 Å². The maximum absolute atomic E-state index is 12.4. The quantitative estimate of drug-likeness (QED) is 0.838. The van der Waals surface area contributed by atoms with Crippen molar-refractivity contribution < 1.29 is 9.53 Å². The van der Waals surface area contributed by atoms with Gasteiger partial charge in [0.25, 0.3) is 0 Å². The Morgan fingerprint density at radius 3 is 2.82 bits per heavy atom. The molecular weight excluding hydrogens is 274 g/mol. The van der Waals surface area contributed by atoms with Crippen molar-refractivity contribution in [3.8, 4) is 17.0 Å². The van der Waals surface area contributed by atoms with Crippen LogP contribution in [0.25, 0.3) is 11.3 Å². The molecule has 0 saturated heterocycles. The molecule has 0 N–H and O–H groups in total. The third-order valence-corrected chi connectivity index (χ3v) is 4.52. The minimum Gasteiger partial charge on any atom is -0.497 e. The van der Waals surface area contributed by atoms with Crippen LogP contribution in [0.5, 0.6) is 5.75 Å². The van der Waals surface area contributed by atoms with Gasteiger partial charge in [0.1, 0.15) is 5.75 Å². The first-order chi connectivity index (χ1) is 10.6. The fourth-order valence-electron chi connectivity index (χ4n) is 3.21. The summed E-state index contributed by atoms with van der Waals surface area (Å²) < 4.78 is 5.28. The minimum atomic E-state index is 0.0990. The lowest BCUT2D eigenvalue weighted by atomic mass is 9.78. The smallest absolute Gasteiger partial charge is 0.167 e. The van der Waals surface area contributed by atoms with Gasteiger partial charge in [-0.25, -0.2) is 0 Å². The summed E-state index contributed by atoms with van der Waals surface area (Å²) in [5.41, 5.74) is 3.68. The van der Waals surface area contributed by atoms with Crippen LogP contribution < -0.4 is 4.74 Å². The number of hydrogen-bond acceptors (Lipinski definition) is 3. The van der Waals surface area contributed by atoms with Gasteiger partial charge in [0, 0.05) is 23.0 Å². The van der Waals surface area contributed by atoms with Crippen LogP contribution in [0.2, 0.25) is 0 Å². The zero-order valence-electron chi connectivity index (χ0n) is 13.3. The lowest BCUT2D eigenvalue weighted by Crippen LogP contribution is -2.24. The van der Waals surface area contributed by atoms with Gasteiger partial charge >= 0.3 is 0 Å². The van der Waals surface area contributed by atoms with Crippen molar-refractivity contribution in [2.75, 3.05) is 7.11 Å². The van der Waals surface area contributed by atoms with E-state index in [-0.39, 0.29) is 11.7 Å². The van der Waals surface area contributed by atoms with Crippen LogP contribution in [0.3, 0.4) is 0 Å². The van der Waals surface area contributed by atoms with E-state index in [1.165, 1.54) is 0 Å². The molecule has 2 aromatic rings. The van der Waals surface area contributed by atoms with Crippen LogP contribution in [-0.4, -0.2) is 17.9 Å². The van der Waals surface area contributed by atoms with Gasteiger partial charge in [-0.05, 0) is 37.1 Å². The molecule has 1 aromatic carbocycles. The van der Waals surface area contributed by atoms with Crippen molar-refractivity contribution in [1.29, 1.82) is 0 Å². The van der Waals surface area contributed by atoms with E-state index in [1.807, 2.05) is 43.3 Å². The summed E-state index contributed by atoms with van der Waals surface area (Å²) >= 11 is 0. The number of carbonyl (C=O) groups is 1. The maximum atomic E-state index is 12.4. The maximum Gasteiger partial charge on any atom is 0.167 e. The van der Waals surface area contributed by atoms with Gasteiger partial charge in [0.05, 0.1) is 18.5 Å². The van der Waals surface area contributed by atoms with Gasteiger partial charge in [-0.1, -0.05) is 26.0 Å². The molecule has 0 amide bonds. The summed E-state index contributed by atoms with van der Waals surface area (Å²) in [7, 11) is 1.66. The zero-order chi connectivity index (χ0) is 15.7. The summed E-state index contributed by atoms with van der Waals surface area (Å²) in [6.07, 6.45) is 1.91. The first-order valence-corrected chi connectivity index (χ1v) is 7.83. The number of carbonyl (C=O) groups excluding carboxylic acids is 1. The normalized spacial score (nSPS) is 20.6.